The minimum Gasteiger partial charge on any atom is -0.348 e. The zero-order valence-electron chi connectivity index (χ0n) is 12.3. The molecule has 22 heavy (non-hydrogen) atoms. The third-order valence-electron chi connectivity index (χ3n) is 3.98. The number of carbonyl (C=O) groups excluding carboxylic acids is 1. The second kappa shape index (κ2) is 7.24. The second-order valence-corrected chi connectivity index (χ2v) is 6.82. The van der Waals surface area contributed by atoms with Gasteiger partial charge in [-0.2, -0.15) is 0 Å². The van der Waals surface area contributed by atoms with Gasteiger partial charge in [-0.25, -0.2) is 0 Å². The number of nitrogens with zero attached hydrogens (tertiary/aromatic N) is 1. The fraction of sp³-hybridized carbons (Fsp3) is 0.278. The Labute approximate surface area is 144 Å². The monoisotopic (exact) mass is 406 g/mol. The average molecular weight is 406 g/mol. The second-order valence-electron chi connectivity index (χ2n) is 5.66. The van der Waals surface area contributed by atoms with Crippen molar-refractivity contribution in [2.24, 2.45) is 0 Å². The van der Waals surface area contributed by atoms with Crippen LogP contribution in [0.15, 0.2) is 54.6 Å². The molecule has 114 valence electrons. The number of likely N-dealkylation sites (tertiary alicyclic amines) is 1. The van der Waals surface area contributed by atoms with Crippen LogP contribution in [0.1, 0.15) is 22.3 Å². The van der Waals surface area contributed by atoms with E-state index in [1.54, 1.807) is 0 Å². The molecule has 1 aliphatic rings. The fourth-order valence-corrected chi connectivity index (χ4v) is 3.48. The molecule has 0 radical (unpaired) electrons. The Bertz CT molecular complexity index is 645. The normalized spacial score (nSPS) is 18.3. The summed E-state index contributed by atoms with van der Waals surface area (Å²) in [5.41, 5.74) is 2.09. The average Bonchev–Trinajstić information content (AvgIpc) is 2.95. The Kier molecular flexibility index (Phi) is 5.10. The number of hydrogen-bond donors (Lipinski definition) is 1. The fourth-order valence-electron chi connectivity index (χ4n) is 2.84. The van der Waals surface area contributed by atoms with Crippen molar-refractivity contribution >= 4 is 28.5 Å². The highest BCUT2D eigenvalue weighted by atomic mass is 127. The predicted molar refractivity (Wildman–Crippen MR) is 96.7 cm³/mol. The van der Waals surface area contributed by atoms with Gasteiger partial charge in [-0.1, -0.05) is 42.5 Å². The number of hydrogen-bond acceptors (Lipinski definition) is 2. The van der Waals surface area contributed by atoms with Gasteiger partial charge < -0.3 is 5.32 Å². The van der Waals surface area contributed by atoms with Crippen LogP contribution in [-0.4, -0.2) is 29.9 Å². The molecule has 2 aromatic carbocycles. The van der Waals surface area contributed by atoms with Crippen LogP contribution < -0.4 is 5.32 Å². The number of carbonyl (C=O) groups is 1. The van der Waals surface area contributed by atoms with Crippen LogP contribution in [0.2, 0.25) is 0 Å². The van der Waals surface area contributed by atoms with E-state index in [4.69, 9.17) is 0 Å². The van der Waals surface area contributed by atoms with E-state index in [1.165, 1.54) is 5.56 Å². The zero-order valence-corrected chi connectivity index (χ0v) is 14.5. The largest absolute Gasteiger partial charge is 0.348 e. The summed E-state index contributed by atoms with van der Waals surface area (Å²) >= 11 is 2.21. The van der Waals surface area contributed by atoms with Gasteiger partial charge in [-0.05, 0) is 46.7 Å². The van der Waals surface area contributed by atoms with Crippen molar-refractivity contribution in [3.8, 4) is 0 Å². The summed E-state index contributed by atoms with van der Waals surface area (Å²) in [4.78, 5) is 14.8. The third-order valence-corrected chi connectivity index (χ3v) is 4.92. The number of halogens is 1. The lowest BCUT2D eigenvalue weighted by Crippen LogP contribution is -2.37. The SMILES string of the molecule is O=C(NC1CCN(Cc2ccccc2)C1)c1ccccc1I. The first kappa shape index (κ1) is 15.5. The Morgan fingerprint density at radius 2 is 1.86 bits per heavy atom. The van der Waals surface area contributed by atoms with Gasteiger partial charge in [0.2, 0.25) is 0 Å². The Balaban J connectivity index is 1.55. The molecule has 1 saturated heterocycles. The highest BCUT2D eigenvalue weighted by Crippen LogP contribution is 2.16. The summed E-state index contributed by atoms with van der Waals surface area (Å²) in [5.74, 6) is 0.0385. The molecular formula is C18H19IN2O. The van der Waals surface area contributed by atoms with Crippen molar-refractivity contribution in [1.82, 2.24) is 10.2 Å². The van der Waals surface area contributed by atoms with E-state index in [0.717, 1.165) is 35.2 Å². The van der Waals surface area contributed by atoms with E-state index >= 15 is 0 Å². The van der Waals surface area contributed by atoms with E-state index in [9.17, 15) is 4.79 Å². The van der Waals surface area contributed by atoms with Crippen molar-refractivity contribution in [1.29, 1.82) is 0 Å². The molecule has 1 atom stereocenters. The smallest absolute Gasteiger partial charge is 0.252 e. The van der Waals surface area contributed by atoms with Gasteiger partial charge in [0.05, 0.1) is 5.56 Å². The summed E-state index contributed by atoms with van der Waals surface area (Å²) in [6.45, 7) is 2.91. The topological polar surface area (TPSA) is 32.3 Å². The van der Waals surface area contributed by atoms with Crippen LogP contribution in [0, 0.1) is 3.57 Å². The van der Waals surface area contributed by atoms with E-state index in [1.807, 2.05) is 30.3 Å². The van der Waals surface area contributed by atoms with Gasteiger partial charge in [0, 0.05) is 29.2 Å². The molecule has 1 heterocycles. The maximum absolute atomic E-state index is 12.4. The van der Waals surface area contributed by atoms with Crippen LogP contribution >= 0.6 is 22.6 Å². The lowest BCUT2D eigenvalue weighted by molar-refractivity contribution is 0.0936. The Morgan fingerprint density at radius 3 is 2.64 bits per heavy atom. The first-order valence-electron chi connectivity index (χ1n) is 7.54. The van der Waals surface area contributed by atoms with Crippen molar-refractivity contribution in [3.05, 3.63) is 69.3 Å². The molecule has 1 unspecified atom stereocenters. The molecule has 1 aliphatic heterocycles. The van der Waals surface area contributed by atoms with Crippen LogP contribution in [0.4, 0.5) is 0 Å². The maximum Gasteiger partial charge on any atom is 0.252 e. The van der Waals surface area contributed by atoms with E-state index < -0.39 is 0 Å². The first-order chi connectivity index (χ1) is 10.7. The third kappa shape index (κ3) is 3.87. The van der Waals surface area contributed by atoms with E-state index in [0.29, 0.717) is 0 Å². The minimum absolute atomic E-state index is 0.0385. The number of benzene rings is 2. The number of rotatable bonds is 4. The Hall–Kier alpha value is -1.40. The zero-order chi connectivity index (χ0) is 15.4. The molecule has 1 fully saturated rings. The Morgan fingerprint density at radius 1 is 1.14 bits per heavy atom. The van der Waals surface area contributed by atoms with Crippen LogP contribution in [0.3, 0.4) is 0 Å². The molecule has 1 N–H and O–H groups in total. The predicted octanol–water partition coefficient (Wildman–Crippen LogP) is 3.30. The van der Waals surface area contributed by atoms with Gasteiger partial charge >= 0.3 is 0 Å². The van der Waals surface area contributed by atoms with E-state index in [-0.39, 0.29) is 11.9 Å². The van der Waals surface area contributed by atoms with Gasteiger partial charge in [0.15, 0.2) is 0 Å². The lowest BCUT2D eigenvalue weighted by Gasteiger charge is -2.17. The summed E-state index contributed by atoms with van der Waals surface area (Å²) in [6.07, 6.45) is 1.02. The molecule has 0 saturated carbocycles. The van der Waals surface area contributed by atoms with Gasteiger partial charge in [0.25, 0.3) is 5.91 Å². The van der Waals surface area contributed by atoms with Gasteiger partial charge in [-0.15, -0.1) is 0 Å². The van der Waals surface area contributed by atoms with Gasteiger partial charge in [-0.3, -0.25) is 9.69 Å². The molecule has 0 aliphatic carbocycles. The molecule has 0 bridgehead atoms. The molecule has 3 nitrogen and oxygen atoms in total. The number of amides is 1. The summed E-state index contributed by atoms with van der Waals surface area (Å²) in [6, 6.07) is 18.4. The lowest BCUT2D eigenvalue weighted by atomic mass is 10.2. The molecular weight excluding hydrogens is 387 g/mol. The molecule has 1 amide bonds. The van der Waals surface area contributed by atoms with Gasteiger partial charge in [0.1, 0.15) is 0 Å². The van der Waals surface area contributed by atoms with E-state index in [2.05, 4.69) is 57.1 Å². The number of nitrogens with one attached hydrogen (secondary N) is 1. The molecule has 4 heteroatoms. The van der Waals surface area contributed by atoms with Crippen molar-refractivity contribution in [2.45, 2.75) is 19.0 Å². The van der Waals surface area contributed by atoms with Crippen LogP contribution in [0.25, 0.3) is 0 Å². The van der Waals surface area contributed by atoms with Crippen molar-refractivity contribution in [3.63, 3.8) is 0 Å². The summed E-state index contributed by atoms with van der Waals surface area (Å²) < 4.78 is 0.997. The standard InChI is InChI=1S/C18H19IN2O/c19-17-9-5-4-8-16(17)18(22)20-15-10-11-21(13-15)12-14-6-2-1-3-7-14/h1-9,15H,10-13H2,(H,20,22). The van der Waals surface area contributed by atoms with Crippen LogP contribution in [-0.2, 0) is 6.54 Å². The van der Waals surface area contributed by atoms with Crippen LogP contribution in [0.5, 0.6) is 0 Å². The summed E-state index contributed by atoms with van der Waals surface area (Å²) in [5, 5.41) is 3.17. The summed E-state index contributed by atoms with van der Waals surface area (Å²) in [7, 11) is 0. The van der Waals surface area contributed by atoms with Crippen molar-refractivity contribution < 1.29 is 4.79 Å². The molecule has 2 aromatic rings. The highest BCUT2D eigenvalue weighted by molar-refractivity contribution is 14.1. The highest BCUT2D eigenvalue weighted by Gasteiger charge is 2.24. The molecule has 0 aromatic heterocycles. The van der Waals surface area contributed by atoms with Crippen molar-refractivity contribution in [2.75, 3.05) is 13.1 Å². The first-order valence-corrected chi connectivity index (χ1v) is 8.62. The maximum atomic E-state index is 12.4. The molecule has 0 spiro atoms. The minimum atomic E-state index is 0.0385. The quantitative estimate of drug-likeness (QED) is 0.791. The molecule has 3 rings (SSSR count).